The van der Waals surface area contributed by atoms with Crippen LogP contribution in [0.3, 0.4) is 0 Å². The van der Waals surface area contributed by atoms with Gasteiger partial charge in [-0.2, -0.15) is 0 Å². The van der Waals surface area contributed by atoms with Crippen LogP contribution in [0.1, 0.15) is 21.6 Å². The van der Waals surface area contributed by atoms with Gasteiger partial charge in [-0.3, -0.25) is 4.79 Å². The van der Waals surface area contributed by atoms with E-state index in [9.17, 15) is 4.79 Å². The number of ether oxygens (including phenoxy) is 1. The Morgan fingerprint density at radius 3 is 2.72 bits per heavy atom. The zero-order valence-electron chi connectivity index (χ0n) is 16.0. The van der Waals surface area contributed by atoms with E-state index < -0.39 is 0 Å². The fourth-order valence-corrected chi connectivity index (χ4v) is 3.98. The van der Waals surface area contributed by atoms with Gasteiger partial charge in [0.25, 0.3) is 5.91 Å². The number of pyridine rings is 1. The third-order valence-corrected chi connectivity index (χ3v) is 5.80. The van der Waals surface area contributed by atoms with Crippen LogP contribution in [0.25, 0.3) is 10.9 Å². The van der Waals surface area contributed by atoms with E-state index in [0.717, 1.165) is 29.7 Å². The summed E-state index contributed by atoms with van der Waals surface area (Å²) < 4.78 is 6.04. The molecule has 7 heteroatoms. The van der Waals surface area contributed by atoms with E-state index in [2.05, 4.69) is 10.3 Å². The monoisotopic (exact) mass is 429 g/mol. The van der Waals surface area contributed by atoms with E-state index in [1.807, 2.05) is 37.3 Å². The summed E-state index contributed by atoms with van der Waals surface area (Å²) in [6, 6.07) is 13.1. The number of piperazine rings is 1. The predicted octanol–water partition coefficient (Wildman–Crippen LogP) is 4.47. The number of nitrogens with one attached hydrogen (secondary N) is 1. The van der Waals surface area contributed by atoms with Crippen molar-refractivity contribution < 1.29 is 9.53 Å². The van der Waals surface area contributed by atoms with Crippen LogP contribution in [-0.4, -0.2) is 42.0 Å². The number of aromatic nitrogens is 1. The van der Waals surface area contributed by atoms with Crippen molar-refractivity contribution in [1.82, 2.24) is 15.2 Å². The summed E-state index contributed by atoms with van der Waals surface area (Å²) in [6.45, 7) is 4.96. The average Bonchev–Trinajstić information content (AvgIpc) is 2.74. The molecular formula is C22H21Cl2N3O2. The maximum Gasteiger partial charge on any atom is 0.255 e. The molecule has 1 aromatic heterocycles. The molecule has 0 radical (unpaired) electrons. The van der Waals surface area contributed by atoms with Crippen molar-refractivity contribution in [2.24, 2.45) is 0 Å². The molecule has 0 spiro atoms. The number of rotatable bonds is 4. The molecule has 2 aromatic carbocycles. The van der Waals surface area contributed by atoms with Gasteiger partial charge < -0.3 is 15.0 Å². The highest BCUT2D eigenvalue weighted by atomic mass is 35.5. The Morgan fingerprint density at radius 2 is 1.93 bits per heavy atom. The van der Waals surface area contributed by atoms with Crippen LogP contribution in [0.4, 0.5) is 0 Å². The molecule has 1 saturated heterocycles. The van der Waals surface area contributed by atoms with Crippen molar-refractivity contribution in [3.8, 4) is 5.75 Å². The molecule has 0 aliphatic carbocycles. The molecule has 5 nitrogen and oxygen atoms in total. The fourth-order valence-electron chi connectivity index (χ4n) is 3.42. The molecule has 2 heterocycles. The first kappa shape index (κ1) is 20.0. The number of amides is 1. The molecule has 1 amide bonds. The van der Waals surface area contributed by atoms with Gasteiger partial charge in [-0.05, 0) is 31.2 Å². The molecule has 1 fully saturated rings. The predicted molar refractivity (Wildman–Crippen MR) is 116 cm³/mol. The highest BCUT2D eigenvalue weighted by Gasteiger charge is 2.23. The third kappa shape index (κ3) is 4.17. The van der Waals surface area contributed by atoms with Gasteiger partial charge in [0.15, 0.2) is 0 Å². The Bertz CT molecular complexity index is 1070. The van der Waals surface area contributed by atoms with Gasteiger partial charge in [0.1, 0.15) is 17.9 Å². The smallest absolute Gasteiger partial charge is 0.255 e. The topological polar surface area (TPSA) is 54.5 Å². The number of carbonyl (C=O) groups excluding carboxylic acids is 1. The lowest BCUT2D eigenvalue weighted by Gasteiger charge is -2.28. The van der Waals surface area contributed by atoms with E-state index in [1.165, 1.54) is 0 Å². The third-order valence-electron chi connectivity index (χ3n) is 5.02. The standard InChI is InChI=1S/C22H21Cl2N3O2/c1-14-5-6-15-3-2-4-19(21(15)26-14)29-13-17-18(23)8-7-16(20(17)24)22(28)27-11-9-25-10-12-27/h2-8,25H,9-13H2,1H3. The summed E-state index contributed by atoms with van der Waals surface area (Å²) in [5.41, 5.74) is 2.74. The van der Waals surface area contributed by atoms with Crippen LogP contribution < -0.4 is 10.1 Å². The average molecular weight is 430 g/mol. The Kier molecular flexibility index (Phi) is 5.90. The first-order valence-corrected chi connectivity index (χ1v) is 10.3. The lowest BCUT2D eigenvalue weighted by Crippen LogP contribution is -2.46. The number of benzene rings is 2. The SMILES string of the molecule is Cc1ccc2cccc(OCc3c(Cl)ccc(C(=O)N4CCNCC4)c3Cl)c2n1. The molecule has 0 saturated carbocycles. The van der Waals surface area contributed by atoms with E-state index in [1.54, 1.807) is 17.0 Å². The lowest BCUT2D eigenvalue weighted by molar-refractivity contribution is 0.0736. The Morgan fingerprint density at radius 1 is 1.14 bits per heavy atom. The van der Waals surface area contributed by atoms with Crippen molar-refractivity contribution in [2.45, 2.75) is 13.5 Å². The second-order valence-electron chi connectivity index (χ2n) is 7.00. The highest BCUT2D eigenvalue weighted by Crippen LogP contribution is 2.32. The molecule has 0 bridgehead atoms. The number of hydrogen-bond donors (Lipinski definition) is 1. The van der Waals surface area contributed by atoms with Crippen molar-refractivity contribution in [3.63, 3.8) is 0 Å². The molecule has 150 valence electrons. The number of hydrogen-bond acceptors (Lipinski definition) is 4. The number of para-hydroxylation sites is 1. The van der Waals surface area contributed by atoms with Crippen LogP contribution in [-0.2, 0) is 6.61 Å². The summed E-state index contributed by atoms with van der Waals surface area (Å²) in [6.07, 6.45) is 0. The summed E-state index contributed by atoms with van der Waals surface area (Å²) in [4.78, 5) is 19.3. The largest absolute Gasteiger partial charge is 0.487 e. The number of aryl methyl sites for hydroxylation is 1. The molecule has 1 aliphatic rings. The van der Waals surface area contributed by atoms with E-state index in [-0.39, 0.29) is 12.5 Å². The minimum Gasteiger partial charge on any atom is -0.487 e. The number of fused-ring (bicyclic) bond motifs is 1. The van der Waals surface area contributed by atoms with Gasteiger partial charge in [-0.15, -0.1) is 0 Å². The van der Waals surface area contributed by atoms with Crippen LogP contribution in [0.15, 0.2) is 42.5 Å². The maximum atomic E-state index is 12.9. The summed E-state index contributed by atoms with van der Waals surface area (Å²) in [5, 5.41) is 5.04. The number of halogens is 2. The van der Waals surface area contributed by atoms with E-state index in [0.29, 0.717) is 40.0 Å². The minimum atomic E-state index is -0.0862. The molecule has 1 N–H and O–H groups in total. The van der Waals surface area contributed by atoms with Crippen LogP contribution in [0.5, 0.6) is 5.75 Å². The second kappa shape index (κ2) is 8.57. The van der Waals surface area contributed by atoms with Crippen molar-refractivity contribution in [3.05, 3.63) is 69.3 Å². The first-order chi connectivity index (χ1) is 14.0. The highest BCUT2D eigenvalue weighted by molar-refractivity contribution is 6.38. The molecule has 0 atom stereocenters. The van der Waals surface area contributed by atoms with Gasteiger partial charge in [-0.25, -0.2) is 4.98 Å². The minimum absolute atomic E-state index is 0.0862. The van der Waals surface area contributed by atoms with Crippen LogP contribution in [0, 0.1) is 6.92 Å². The van der Waals surface area contributed by atoms with Crippen LogP contribution >= 0.6 is 23.2 Å². The van der Waals surface area contributed by atoms with Gasteiger partial charge in [0.05, 0.1) is 10.6 Å². The Labute approximate surface area is 179 Å². The van der Waals surface area contributed by atoms with Gasteiger partial charge in [0.2, 0.25) is 0 Å². The van der Waals surface area contributed by atoms with E-state index in [4.69, 9.17) is 27.9 Å². The van der Waals surface area contributed by atoms with Crippen molar-refractivity contribution >= 4 is 40.0 Å². The molecule has 29 heavy (non-hydrogen) atoms. The zero-order valence-corrected chi connectivity index (χ0v) is 17.6. The lowest BCUT2D eigenvalue weighted by atomic mass is 10.1. The fraction of sp³-hybridized carbons (Fsp3) is 0.273. The normalized spacial score (nSPS) is 14.2. The summed E-state index contributed by atoms with van der Waals surface area (Å²) in [5.74, 6) is 0.564. The Hall–Kier alpha value is -2.34. The van der Waals surface area contributed by atoms with Crippen molar-refractivity contribution in [2.75, 3.05) is 26.2 Å². The van der Waals surface area contributed by atoms with Gasteiger partial charge in [-0.1, -0.05) is 41.4 Å². The zero-order chi connectivity index (χ0) is 20.4. The first-order valence-electron chi connectivity index (χ1n) is 9.50. The van der Waals surface area contributed by atoms with Crippen molar-refractivity contribution in [1.29, 1.82) is 0 Å². The summed E-state index contributed by atoms with van der Waals surface area (Å²) >= 11 is 13.0. The van der Waals surface area contributed by atoms with Gasteiger partial charge >= 0.3 is 0 Å². The molecular weight excluding hydrogens is 409 g/mol. The number of carbonyl (C=O) groups is 1. The van der Waals surface area contributed by atoms with Crippen LogP contribution in [0.2, 0.25) is 10.0 Å². The molecule has 4 rings (SSSR count). The Balaban J connectivity index is 1.61. The quantitative estimate of drug-likeness (QED) is 0.664. The molecule has 3 aromatic rings. The number of nitrogens with zero attached hydrogens (tertiary/aromatic N) is 2. The molecule has 1 aliphatic heterocycles. The second-order valence-corrected chi connectivity index (χ2v) is 7.78. The molecule has 0 unspecified atom stereocenters. The van der Waals surface area contributed by atoms with Gasteiger partial charge in [0, 0.05) is 47.8 Å². The maximum absolute atomic E-state index is 12.9. The van der Waals surface area contributed by atoms with E-state index >= 15 is 0 Å². The summed E-state index contributed by atoms with van der Waals surface area (Å²) in [7, 11) is 0.